The molecule has 1 N–H and O–H groups in total. The number of rotatable bonds is 5. The molecule has 0 atom stereocenters. The normalized spacial score (nSPS) is 31.6. The minimum atomic E-state index is 0.777. The van der Waals surface area contributed by atoms with Crippen LogP contribution in [0.5, 0.6) is 0 Å². The van der Waals surface area contributed by atoms with E-state index in [0.29, 0.717) is 0 Å². The Labute approximate surface area is 110 Å². The van der Waals surface area contributed by atoms with Gasteiger partial charge in [0.05, 0.1) is 13.2 Å². The Bertz CT molecular complexity index is 202. The van der Waals surface area contributed by atoms with E-state index in [9.17, 15) is 0 Å². The molecule has 0 radical (unpaired) electrons. The fourth-order valence-electron chi connectivity index (χ4n) is 2.75. The second kappa shape index (κ2) is 7.62. The number of hydrogen-bond donors (Lipinski definition) is 1. The first-order valence-corrected chi connectivity index (χ1v) is 8.23. The van der Waals surface area contributed by atoms with Crippen LogP contribution in [0.25, 0.3) is 0 Å². The van der Waals surface area contributed by atoms with Crippen molar-refractivity contribution in [3.8, 4) is 0 Å². The molecule has 1 saturated carbocycles. The summed E-state index contributed by atoms with van der Waals surface area (Å²) in [7, 11) is 0. The zero-order chi connectivity index (χ0) is 11.9. The van der Waals surface area contributed by atoms with E-state index in [-0.39, 0.29) is 0 Å². The summed E-state index contributed by atoms with van der Waals surface area (Å²) in [5, 5.41) is 4.65. The Morgan fingerprint density at radius 1 is 1.18 bits per heavy atom. The Balaban J connectivity index is 1.53. The molecule has 3 nitrogen and oxygen atoms in total. The van der Waals surface area contributed by atoms with Gasteiger partial charge in [0.1, 0.15) is 0 Å². The van der Waals surface area contributed by atoms with Gasteiger partial charge in [-0.2, -0.15) is 11.8 Å². The summed E-state index contributed by atoms with van der Waals surface area (Å²) in [6.07, 6.45) is 7.78. The van der Waals surface area contributed by atoms with Crippen LogP contribution in [0.3, 0.4) is 0 Å². The van der Waals surface area contributed by atoms with Crippen molar-refractivity contribution in [3.63, 3.8) is 0 Å². The first kappa shape index (κ1) is 13.7. The molecule has 0 bridgehead atoms. The molecule has 0 spiro atoms. The van der Waals surface area contributed by atoms with E-state index in [4.69, 9.17) is 4.74 Å². The van der Waals surface area contributed by atoms with Crippen LogP contribution >= 0.6 is 11.8 Å². The van der Waals surface area contributed by atoms with E-state index in [2.05, 4.69) is 16.5 Å². The van der Waals surface area contributed by atoms with Crippen LogP contribution in [-0.4, -0.2) is 61.8 Å². The third-order valence-corrected chi connectivity index (χ3v) is 5.11. The van der Waals surface area contributed by atoms with Gasteiger partial charge in [-0.15, -0.1) is 0 Å². The van der Waals surface area contributed by atoms with Gasteiger partial charge in [-0.25, -0.2) is 0 Å². The van der Waals surface area contributed by atoms with Gasteiger partial charge in [0, 0.05) is 37.5 Å². The number of nitrogens with one attached hydrogen (secondary N) is 1. The zero-order valence-corrected chi connectivity index (χ0v) is 11.8. The zero-order valence-electron chi connectivity index (χ0n) is 11.0. The summed E-state index contributed by atoms with van der Waals surface area (Å²) in [5.41, 5.74) is 0. The Morgan fingerprint density at radius 2 is 1.88 bits per heavy atom. The van der Waals surface area contributed by atoms with Gasteiger partial charge in [-0.05, 0) is 31.9 Å². The predicted molar refractivity (Wildman–Crippen MR) is 74.8 cm³/mol. The number of nitrogens with zero attached hydrogens (tertiary/aromatic N) is 1. The number of hydrogen-bond acceptors (Lipinski definition) is 4. The standard InChI is InChI=1S/C13H26N2OS/c1-17-13-4-2-12(3-5-13)14-6-7-15-8-10-16-11-9-15/h12-14H,2-11H2,1H3. The third-order valence-electron chi connectivity index (χ3n) is 3.97. The molecule has 1 saturated heterocycles. The predicted octanol–water partition coefficient (Wildman–Crippen LogP) is 1.58. The highest BCUT2D eigenvalue weighted by Crippen LogP contribution is 2.26. The summed E-state index contributed by atoms with van der Waals surface area (Å²) >= 11 is 2.04. The lowest BCUT2D eigenvalue weighted by molar-refractivity contribution is 0.0380. The maximum absolute atomic E-state index is 5.36. The first-order chi connectivity index (χ1) is 8.38. The molecule has 0 aromatic rings. The van der Waals surface area contributed by atoms with Crippen LogP contribution < -0.4 is 5.32 Å². The second-order valence-electron chi connectivity index (χ2n) is 5.12. The SMILES string of the molecule is CSC1CCC(NCCN2CCOCC2)CC1. The van der Waals surface area contributed by atoms with E-state index in [1.807, 2.05) is 11.8 Å². The minimum absolute atomic E-state index is 0.777. The fourth-order valence-corrected chi connectivity index (χ4v) is 3.50. The van der Waals surface area contributed by atoms with E-state index < -0.39 is 0 Å². The number of ether oxygens (including phenoxy) is 1. The fraction of sp³-hybridized carbons (Fsp3) is 1.00. The quantitative estimate of drug-likeness (QED) is 0.809. The molecular formula is C13H26N2OS. The molecule has 0 aromatic heterocycles. The van der Waals surface area contributed by atoms with Crippen molar-refractivity contribution < 1.29 is 4.74 Å². The van der Waals surface area contributed by atoms with E-state index in [1.54, 1.807) is 0 Å². The van der Waals surface area contributed by atoms with Crippen LogP contribution in [0.4, 0.5) is 0 Å². The maximum atomic E-state index is 5.36. The van der Waals surface area contributed by atoms with Crippen LogP contribution in [0, 0.1) is 0 Å². The van der Waals surface area contributed by atoms with Gasteiger partial charge in [0.2, 0.25) is 0 Å². The summed E-state index contributed by atoms with van der Waals surface area (Å²) in [6, 6.07) is 0.777. The summed E-state index contributed by atoms with van der Waals surface area (Å²) in [6.45, 7) is 6.39. The van der Waals surface area contributed by atoms with Crippen LogP contribution in [-0.2, 0) is 4.74 Å². The Hall–Kier alpha value is 0.230. The molecule has 2 aliphatic rings. The van der Waals surface area contributed by atoms with Gasteiger partial charge < -0.3 is 10.1 Å². The van der Waals surface area contributed by atoms with Crippen molar-refractivity contribution in [2.75, 3.05) is 45.6 Å². The van der Waals surface area contributed by atoms with E-state index in [1.165, 1.54) is 32.2 Å². The summed E-state index contributed by atoms with van der Waals surface area (Å²) in [4.78, 5) is 2.50. The van der Waals surface area contributed by atoms with Crippen LogP contribution in [0.2, 0.25) is 0 Å². The maximum Gasteiger partial charge on any atom is 0.0594 e. The molecule has 2 fully saturated rings. The molecule has 0 aromatic carbocycles. The van der Waals surface area contributed by atoms with Gasteiger partial charge in [-0.3, -0.25) is 4.90 Å². The lowest BCUT2D eigenvalue weighted by atomic mass is 9.95. The molecule has 1 aliphatic heterocycles. The second-order valence-corrected chi connectivity index (χ2v) is 6.26. The molecule has 1 aliphatic carbocycles. The van der Waals surface area contributed by atoms with Crippen molar-refractivity contribution in [2.45, 2.75) is 37.0 Å². The van der Waals surface area contributed by atoms with Gasteiger partial charge in [-0.1, -0.05) is 0 Å². The van der Waals surface area contributed by atoms with Crippen molar-refractivity contribution in [2.24, 2.45) is 0 Å². The highest BCUT2D eigenvalue weighted by molar-refractivity contribution is 7.99. The largest absolute Gasteiger partial charge is 0.379 e. The molecule has 17 heavy (non-hydrogen) atoms. The lowest BCUT2D eigenvalue weighted by Gasteiger charge is -2.30. The van der Waals surface area contributed by atoms with Crippen molar-refractivity contribution >= 4 is 11.8 Å². The van der Waals surface area contributed by atoms with Gasteiger partial charge in [0.15, 0.2) is 0 Å². The highest BCUT2D eigenvalue weighted by atomic mass is 32.2. The smallest absolute Gasteiger partial charge is 0.0594 e. The molecule has 0 amide bonds. The van der Waals surface area contributed by atoms with Crippen molar-refractivity contribution in [1.82, 2.24) is 10.2 Å². The molecule has 4 heteroatoms. The van der Waals surface area contributed by atoms with Crippen molar-refractivity contribution in [3.05, 3.63) is 0 Å². The molecule has 2 rings (SSSR count). The summed E-state index contributed by atoms with van der Waals surface area (Å²) < 4.78 is 5.36. The minimum Gasteiger partial charge on any atom is -0.379 e. The molecular weight excluding hydrogens is 232 g/mol. The Kier molecular flexibility index (Phi) is 6.12. The first-order valence-electron chi connectivity index (χ1n) is 6.95. The van der Waals surface area contributed by atoms with Crippen LogP contribution in [0.15, 0.2) is 0 Å². The molecule has 100 valence electrons. The molecule has 1 heterocycles. The number of thioether (sulfide) groups is 1. The summed E-state index contributed by atoms with van der Waals surface area (Å²) in [5.74, 6) is 0. The lowest BCUT2D eigenvalue weighted by Crippen LogP contribution is -2.43. The Morgan fingerprint density at radius 3 is 2.53 bits per heavy atom. The van der Waals surface area contributed by atoms with Crippen molar-refractivity contribution in [1.29, 1.82) is 0 Å². The average molecular weight is 258 g/mol. The van der Waals surface area contributed by atoms with Crippen LogP contribution in [0.1, 0.15) is 25.7 Å². The average Bonchev–Trinajstić information content (AvgIpc) is 2.41. The third kappa shape index (κ3) is 4.78. The van der Waals surface area contributed by atoms with Gasteiger partial charge >= 0.3 is 0 Å². The highest BCUT2D eigenvalue weighted by Gasteiger charge is 2.20. The number of morpholine rings is 1. The molecule has 0 unspecified atom stereocenters. The topological polar surface area (TPSA) is 24.5 Å². The van der Waals surface area contributed by atoms with E-state index >= 15 is 0 Å². The monoisotopic (exact) mass is 258 g/mol. The van der Waals surface area contributed by atoms with Gasteiger partial charge in [0.25, 0.3) is 0 Å². The van der Waals surface area contributed by atoms with E-state index in [0.717, 1.165) is 44.1 Å².